The van der Waals surface area contributed by atoms with E-state index in [9.17, 15) is 5.11 Å². The van der Waals surface area contributed by atoms with Crippen LogP contribution in [0.5, 0.6) is 0 Å². The topological polar surface area (TPSA) is 20.2 Å². The summed E-state index contributed by atoms with van der Waals surface area (Å²) in [5, 5.41) is 11.9. The molecule has 21 heavy (non-hydrogen) atoms. The van der Waals surface area contributed by atoms with Crippen molar-refractivity contribution in [2.45, 2.75) is 45.4 Å². The van der Waals surface area contributed by atoms with Gasteiger partial charge in [-0.2, -0.15) is 0 Å². The van der Waals surface area contributed by atoms with E-state index in [-0.39, 0.29) is 0 Å². The van der Waals surface area contributed by atoms with Gasteiger partial charge in [0.05, 0.1) is 5.85 Å². The van der Waals surface area contributed by atoms with Crippen molar-refractivity contribution < 1.29 is 5.11 Å². The van der Waals surface area contributed by atoms with Gasteiger partial charge < -0.3 is 5.11 Å². The lowest BCUT2D eigenvalue weighted by molar-refractivity contribution is 0.267. The molecular formula is C19H25OP. The van der Waals surface area contributed by atoms with Crippen LogP contribution in [-0.2, 0) is 0 Å². The van der Waals surface area contributed by atoms with Crippen LogP contribution >= 0.6 is 8.58 Å². The summed E-state index contributed by atoms with van der Waals surface area (Å²) in [6, 6.07) is 16.5. The highest BCUT2D eigenvalue weighted by molar-refractivity contribution is 7.47. The summed E-state index contributed by atoms with van der Waals surface area (Å²) in [6.07, 6.45) is 0. The first-order chi connectivity index (χ1) is 10.0. The van der Waals surface area contributed by atoms with Gasteiger partial charge in [-0.15, -0.1) is 0 Å². The molecule has 0 saturated heterocycles. The average molecular weight is 300 g/mol. The van der Waals surface area contributed by atoms with Crippen molar-refractivity contribution in [1.82, 2.24) is 0 Å². The number of aliphatic hydroxyl groups is 1. The van der Waals surface area contributed by atoms with E-state index < -0.39 is 5.85 Å². The van der Waals surface area contributed by atoms with Crippen LogP contribution < -0.4 is 5.30 Å². The smallest absolute Gasteiger partial charge is 0.0991 e. The fraction of sp³-hybridized carbons (Fsp3) is 0.368. The molecule has 2 heteroatoms. The number of aliphatic hydroxyl groups excluding tert-OH is 1. The van der Waals surface area contributed by atoms with Crippen molar-refractivity contribution in [1.29, 1.82) is 0 Å². The van der Waals surface area contributed by atoms with E-state index in [2.05, 4.69) is 45.9 Å². The monoisotopic (exact) mass is 300 g/mol. The highest BCUT2D eigenvalue weighted by Gasteiger charge is 2.17. The molecule has 0 saturated carbocycles. The van der Waals surface area contributed by atoms with Gasteiger partial charge in [0.15, 0.2) is 0 Å². The van der Waals surface area contributed by atoms with Gasteiger partial charge in [0.1, 0.15) is 0 Å². The highest BCUT2D eigenvalue weighted by Crippen LogP contribution is 2.36. The van der Waals surface area contributed by atoms with Crippen molar-refractivity contribution in [3.63, 3.8) is 0 Å². The van der Waals surface area contributed by atoms with Crippen LogP contribution in [0.15, 0.2) is 48.5 Å². The van der Waals surface area contributed by atoms with Gasteiger partial charge >= 0.3 is 0 Å². The molecule has 0 heterocycles. The van der Waals surface area contributed by atoms with Crippen LogP contribution in [0.25, 0.3) is 0 Å². The zero-order valence-corrected chi connectivity index (χ0v) is 14.3. The zero-order valence-electron chi connectivity index (χ0n) is 13.3. The van der Waals surface area contributed by atoms with E-state index in [1.54, 1.807) is 0 Å². The molecule has 0 amide bonds. The van der Waals surface area contributed by atoms with E-state index in [0.717, 1.165) is 5.56 Å². The van der Waals surface area contributed by atoms with Gasteiger partial charge in [-0.25, -0.2) is 0 Å². The van der Waals surface area contributed by atoms with Crippen molar-refractivity contribution in [3.8, 4) is 0 Å². The minimum absolute atomic E-state index is 0.394. The Morgan fingerprint density at radius 1 is 0.762 bits per heavy atom. The summed E-state index contributed by atoms with van der Waals surface area (Å²) < 4.78 is 0. The Bertz CT molecular complexity index is 549. The first kappa shape index (κ1) is 16.2. The minimum atomic E-state index is -0.413. The van der Waals surface area contributed by atoms with Crippen molar-refractivity contribution >= 4 is 13.9 Å². The van der Waals surface area contributed by atoms with Crippen LogP contribution in [0.2, 0.25) is 0 Å². The Balaban J connectivity index is 2.38. The molecule has 1 nitrogen and oxygen atoms in total. The maximum absolute atomic E-state index is 10.6. The van der Waals surface area contributed by atoms with E-state index in [4.69, 9.17) is 0 Å². The minimum Gasteiger partial charge on any atom is -0.384 e. The molecule has 0 aromatic heterocycles. The first-order valence-corrected chi connectivity index (χ1v) is 8.70. The second-order valence-corrected chi connectivity index (χ2v) is 7.41. The lowest BCUT2D eigenvalue weighted by atomic mass is 9.95. The molecule has 2 unspecified atom stereocenters. The first-order valence-electron chi connectivity index (χ1n) is 7.63. The summed E-state index contributed by atoms with van der Waals surface area (Å²) in [5.41, 5.74) is 3.74. The molecule has 1 N–H and O–H groups in total. The molecule has 2 aromatic carbocycles. The Kier molecular flexibility index (Phi) is 5.56. The van der Waals surface area contributed by atoms with Gasteiger partial charge in [0, 0.05) is 0 Å². The van der Waals surface area contributed by atoms with Gasteiger partial charge in [0.2, 0.25) is 0 Å². The van der Waals surface area contributed by atoms with Crippen LogP contribution in [0.1, 0.15) is 62.1 Å². The van der Waals surface area contributed by atoms with Crippen LogP contribution in [0.4, 0.5) is 0 Å². The summed E-state index contributed by atoms with van der Waals surface area (Å²) in [5.74, 6) is 0.548. The molecule has 0 aliphatic rings. The van der Waals surface area contributed by atoms with E-state index in [0.29, 0.717) is 20.4 Å². The molecule has 0 fully saturated rings. The highest BCUT2D eigenvalue weighted by atomic mass is 31.1. The fourth-order valence-electron chi connectivity index (χ4n) is 2.57. The molecule has 2 atom stereocenters. The van der Waals surface area contributed by atoms with Crippen LogP contribution in [0, 0.1) is 0 Å². The van der Waals surface area contributed by atoms with Gasteiger partial charge in [0.25, 0.3) is 0 Å². The maximum atomic E-state index is 10.6. The summed E-state index contributed by atoms with van der Waals surface area (Å²) in [4.78, 5) is 0. The van der Waals surface area contributed by atoms with E-state index in [1.807, 2.05) is 30.3 Å². The SMILES string of the molecule is CC(C)c1cccc(C(C)C)c1PC(O)c1ccccc1. The second kappa shape index (κ2) is 7.20. The lowest BCUT2D eigenvalue weighted by Gasteiger charge is -2.22. The van der Waals surface area contributed by atoms with Gasteiger partial charge in [-0.05, 0) is 33.8 Å². The molecule has 2 aromatic rings. The largest absolute Gasteiger partial charge is 0.384 e. The number of hydrogen-bond acceptors (Lipinski definition) is 1. The molecule has 0 aliphatic carbocycles. The fourth-order valence-corrected chi connectivity index (χ4v) is 4.28. The van der Waals surface area contributed by atoms with E-state index in [1.165, 1.54) is 16.4 Å². The van der Waals surface area contributed by atoms with Crippen molar-refractivity contribution in [2.75, 3.05) is 0 Å². The zero-order chi connectivity index (χ0) is 15.4. The quantitative estimate of drug-likeness (QED) is 0.776. The normalized spacial score (nSPS) is 13.5. The summed E-state index contributed by atoms with van der Waals surface area (Å²) >= 11 is 0. The van der Waals surface area contributed by atoms with Crippen molar-refractivity contribution in [2.24, 2.45) is 0 Å². The lowest BCUT2D eigenvalue weighted by Crippen LogP contribution is -2.15. The van der Waals surface area contributed by atoms with Gasteiger partial charge in [-0.1, -0.05) is 84.8 Å². The standard InChI is InChI=1S/C19H25OP/c1-13(2)16-11-8-12-17(14(3)4)18(16)21-19(20)15-9-6-5-7-10-15/h5-14,19-21H,1-4H3. The maximum Gasteiger partial charge on any atom is 0.0991 e. The molecule has 0 aliphatic heterocycles. The Labute approximate surface area is 130 Å². The predicted molar refractivity (Wildman–Crippen MR) is 94.0 cm³/mol. The van der Waals surface area contributed by atoms with Crippen LogP contribution in [-0.4, -0.2) is 5.11 Å². The average Bonchev–Trinajstić information content (AvgIpc) is 2.47. The molecule has 2 rings (SSSR count). The van der Waals surface area contributed by atoms with E-state index >= 15 is 0 Å². The summed E-state index contributed by atoms with van der Waals surface area (Å²) in [6.45, 7) is 8.90. The third-order valence-corrected chi connectivity index (χ3v) is 5.24. The van der Waals surface area contributed by atoms with Crippen LogP contribution in [0.3, 0.4) is 0 Å². The Morgan fingerprint density at radius 2 is 1.29 bits per heavy atom. The predicted octanol–water partition coefficient (Wildman–Crippen LogP) is 4.93. The molecule has 0 spiro atoms. The van der Waals surface area contributed by atoms with Crippen molar-refractivity contribution in [3.05, 3.63) is 65.2 Å². The third-order valence-electron chi connectivity index (χ3n) is 3.77. The molecule has 0 bridgehead atoms. The molecule has 112 valence electrons. The second-order valence-electron chi connectivity index (χ2n) is 6.08. The Hall–Kier alpha value is -1.17. The molecule has 0 radical (unpaired) electrons. The van der Waals surface area contributed by atoms with Gasteiger partial charge in [-0.3, -0.25) is 0 Å². The number of rotatable bonds is 5. The number of hydrogen-bond donors (Lipinski definition) is 1. The summed E-state index contributed by atoms with van der Waals surface area (Å²) in [7, 11) is 0.394. The number of benzene rings is 2. The Morgan fingerprint density at radius 3 is 1.76 bits per heavy atom. The third kappa shape index (κ3) is 3.93. The molecular weight excluding hydrogens is 275 g/mol.